The molecular weight excluding hydrogens is 218 g/mol. The smallest absolute Gasteiger partial charge is 0.326 e. The van der Waals surface area contributed by atoms with E-state index in [1.807, 2.05) is 12.1 Å². The number of aryl methyl sites for hydroxylation is 2. The maximum atomic E-state index is 11.7. The van der Waals surface area contributed by atoms with Gasteiger partial charge in [-0.1, -0.05) is 6.92 Å². The van der Waals surface area contributed by atoms with Crippen molar-refractivity contribution in [3.63, 3.8) is 0 Å². The van der Waals surface area contributed by atoms with Crippen LogP contribution in [0.2, 0.25) is 0 Å². The molecule has 5 nitrogen and oxygen atoms in total. The van der Waals surface area contributed by atoms with Gasteiger partial charge in [0.15, 0.2) is 0 Å². The van der Waals surface area contributed by atoms with Crippen LogP contribution in [0.15, 0.2) is 23.0 Å². The summed E-state index contributed by atoms with van der Waals surface area (Å²) in [5.41, 5.74) is 2.31. The molecular formula is C12H15N3O2. The molecule has 2 rings (SSSR count). The highest BCUT2D eigenvalue weighted by Crippen LogP contribution is 2.17. The van der Waals surface area contributed by atoms with Gasteiger partial charge in [0.05, 0.1) is 11.0 Å². The molecule has 0 saturated heterocycles. The fraction of sp³-hybridized carbons (Fsp3) is 0.333. The Balaban J connectivity index is 2.54. The highest BCUT2D eigenvalue weighted by Gasteiger charge is 2.08. The van der Waals surface area contributed by atoms with Crippen LogP contribution in [0, 0.1) is 0 Å². The lowest BCUT2D eigenvalue weighted by Gasteiger charge is -2.04. The van der Waals surface area contributed by atoms with Gasteiger partial charge in [-0.15, -0.1) is 0 Å². The van der Waals surface area contributed by atoms with Crippen molar-refractivity contribution in [3.8, 4) is 0 Å². The minimum Gasteiger partial charge on any atom is -0.326 e. The number of imidazole rings is 1. The lowest BCUT2D eigenvalue weighted by Crippen LogP contribution is -2.19. The predicted molar refractivity (Wildman–Crippen MR) is 67.1 cm³/mol. The van der Waals surface area contributed by atoms with Gasteiger partial charge in [-0.05, 0) is 18.2 Å². The third-order valence-electron chi connectivity index (χ3n) is 2.88. The third-order valence-corrected chi connectivity index (χ3v) is 2.88. The number of hydrogen-bond acceptors (Lipinski definition) is 2. The molecule has 1 aromatic heterocycles. The van der Waals surface area contributed by atoms with Crippen molar-refractivity contribution in [2.24, 2.45) is 14.1 Å². The summed E-state index contributed by atoms with van der Waals surface area (Å²) in [6.45, 7) is 1.80. The molecule has 0 spiro atoms. The Hall–Kier alpha value is -2.04. The van der Waals surface area contributed by atoms with E-state index in [-0.39, 0.29) is 11.6 Å². The highest BCUT2D eigenvalue weighted by atomic mass is 16.2. The molecule has 1 aromatic carbocycles. The Labute approximate surface area is 98.7 Å². The summed E-state index contributed by atoms with van der Waals surface area (Å²) in [5.74, 6) is -0.0368. The number of amides is 1. The summed E-state index contributed by atoms with van der Waals surface area (Å²) in [6, 6.07) is 5.45. The summed E-state index contributed by atoms with van der Waals surface area (Å²) in [5, 5.41) is 2.78. The quantitative estimate of drug-likeness (QED) is 0.848. The molecule has 1 amide bonds. The number of aromatic nitrogens is 2. The maximum Gasteiger partial charge on any atom is 0.328 e. The molecule has 0 saturated carbocycles. The molecule has 0 bridgehead atoms. The molecule has 2 aromatic rings. The van der Waals surface area contributed by atoms with E-state index >= 15 is 0 Å². The second-order valence-corrected chi connectivity index (χ2v) is 4.01. The molecule has 5 heteroatoms. The van der Waals surface area contributed by atoms with Crippen LogP contribution >= 0.6 is 0 Å². The van der Waals surface area contributed by atoms with Gasteiger partial charge in [-0.25, -0.2) is 4.79 Å². The number of benzene rings is 1. The van der Waals surface area contributed by atoms with Crippen molar-refractivity contribution in [3.05, 3.63) is 28.7 Å². The van der Waals surface area contributed by atoms with Crippen molar-refractivity contribution in [2.75, 3.05) is 5.32 Å². The van der Waals surface area contributed by atoms with E-state index in [4.69, 9.17) is 0 Å². The van der Waals surface area contributed by atoms with Crippen LogP contribution in [-0.2, 0) is 18.9 Å². The van der Waals surface area contributed by atoms with Crippen molar-refractivity contribution < 1.29 is 4.79 Å². The molecule has 90 valence electrons. The second-order valence-electron chi connectivity index (χ2n) is 4.01. The largest absolute Gasteiger partial charge is 0.328 e. The molecule has 0 aliphatic heterocycles. The van der Waals surface area contributed by atoms with Gasteiger partial charge in [0.2, 0.25) is 5.91 Å². The van der Waals surface area contributed by atoms with Crippen LogP contribution in [0.25, 0.3) is 11.0 Å². The fourth-order valence-electron chi connectivity index (χ4n) is 1.83. The molecule has 0 atom stereocenters. The van der Waals surface area contributed by atoms with Gasteiger partial charge in [-0.2, -0.15) is 0 Å². The molecule has 0 radical (unpaired) electrons. The average molecular weight is 233 g/mol. The molecule has 0 aliphatic carbocycles. The van der Waals surface area contributed by atoms with Crippen LogP contribution in [0.5, 0.6) is 0 Å². The van der Waals surface area contributed by atoms with E-state index in [0.717, 1.165) is 11.0 Å². The number of nitrogens with one attached hydrogen (secondary N) is 1. The molecule has 1 heterocycles. The Kier molecular flexibility index (Phi) is 2.75. The van der Waals surface area contributed by atoms with Crippen molar-refractivity contribution >= 4 is 22.6 Å². The van der Waals surface area contributed by atoms with Crippen LogP contribution in [0.4, 0.5) is 5.69 Å². The lowest BCUT2D eigenvalue weighted by molar-refractivity contribution is -0.115. The van der Waals surface area contributed by atoms with E-state index in [1.54, 1.807) is 36.2 Å². The van der Waals surface area contributed by atoms with Crippen molar-refractivity contribution in [1.29, 1.82) is 0 Å². The predicted octanol–water partition coefficient (Wildman–Crippen LogP) is 1.23. The molecule has 0 fully saturated rings. The van der Waals surface area contributed by atoms with E-state index in [1.165, 1.54) is 0 Å². The van der Waals surface area contributed by atoms with Gasteiger partial charge in [0.1, 0.15) is 0 Å². The lowest BCUT2D eigenvalue weighted by atomic mass is 10.2. The van der Waals surface area contributed by atoms with Crippen LogP contribution in [-0.4, -0.2) is 15.0 Å². The highest BCUT2D eigenvalue weighted by molar-refractivity contribution is 5.92. The van der Waals surface area contributed by atoms with Crippen LogP contribution in [0.1, 0.15) is 13.3 Å². The molecule has 0 unspecified atom stereocenters. The monoisotopic (exact) mass is 233 g/mol. The number of rotatable bonds is 2. The van der Waals surface area contributed by atoms with E-state index in [0.29, 0.717) is 12.1 Å². The zero-order chi connectivity index (χ0) is 12.6. The molecule has 17 heavy (non-hydrogen) atoms. The normalized spacial score (nSPS) is 10.8. The Morgan fingerprint density at radius 3 is 2.53 bits per heavy atom. The topological polar surface area (TPSA) is 56.0 Å². The van der Waals surface area contributed by atoms with Crippen LogP contribution in [0.3, 0.4) is 0 Å². The molecule has 1 N–H and O–H groups in total. The first kappa shape index (κ1) is 11.4. The zero-order valence-corrected chi connectivity index (χ0v) is 10.2. The zero-order valence-electron chi connectivity index (χ0n) is 10.2. The fourth-order valence-corrected chi connectivity index (χ4v) is 1.83. The summed E-state index contributed by atoms with van der Waals surface area (Å²) in [4.78, 5) is 23.0. The first-order chi connectivity index (χ1) is 8.04. The first-order valence-corrected chi connectivity index (χ1v) is 5.50. The third kappa shape index (κ3) is 1.84. The van der Waals surface area contributed by atoms with Gasteiger partial charge in [0, 0.05) is 26.2 Å². The number of carbonyl (C=O) groups excluding carboxylic acids is 1. The minimum absolute atomic E-state index is 0.0368. The summed E-state index contributed by atoms with van der Waals surface area (Å²) < 4.78 is 3.15. The summed E-state index contributed by atoms with van der Waals surface area (Å²) in [6.07, 6.45) is 0.436. The maximum absolute atomic E-state index is 11.7. The van der Waals surface area contributed by atoms with Gasteiger partial charge >= 0.3 is 5.69 Å². The first-order valence-electron chi connectivity index (χ1n) is 5.50. The van der Waals surface area contributed by atoms with Crippen LogP contribution < -0.4 is 11.0 Å². The summed E-state index contributed by atoms with van der Waals surface area (Å²) in [7, 11) is 3.45. The Bertz CT molecular complexity index is 637. The average Bonchev–Trinajstić information content (AvgIpc) is 2.54. The number of anilines is 1. The van der Waals surface area contributed by atoms with Crippen molar-refractivity contribution in [2.45, 2.75) is 13.3 Å². The van der Waals surface area contributed by atoms with E-state index in [9.17, 15) is 9.59 Å². The molecule has 0 aliphatic rings. The van der Waals surface area contributed by atoms with Gasteiger partial charge in [-0.3, -0.25) is 13.9 Å². The van der Waals surface area contributed by atoms with Crippen molar-refractivity contribution in [1.82, 2.24) is 9.13 Å². The Morgan fingerprint density at radius 1 is 1.24 bits per heavy atom. The second kappa shape index (κ2) is 4.08. The number of fused-ring (bicyclic) bond motifs is 1. The number of carbonyl (C=O) groups is 1. The number of nitrogens with zero attached hydrogens (tertiary/aromatic N) is 2. The van der Waals surface area contributed by atoms with Gasteiger partial charge in [0.25, 0.3) is 0 Å². The van der Waals surface area contributed by atoms with Gasteiger partial charge < -0.3 is 5.32 Å². The summed E-state index contributed by atoms with van der Waals surface area (Å²) >= 11 is 0. The standard InChI is InChI=1S/C12H15N3O2/c1-4-11(16)13-8-5-6-9-10(7-8)15(3)12(17)14(9)2/h5-7H,4H2,1-3H3,(H,13,16). The number of hydrogen-bond donors (Lipinski definition) is 1. The SMILES string of the molecule is CCC(=O)Nc1ccc2c(c1)n(C)c(=O)n2C. The van der Waals surface area contributed by atoms with E-state index in [2.05, 4.69) is 5.32 Å². The Morgan fingerprint density at radius 2 is 1.88 bits per heavy atom. The van der Waals surface area contributed by atoms with E-state index < -0.39 is 0 Å². The minimum atomic E-state index is -0.0704.